The third kappa shape index (κ3) is 1.63. The molecule has 2 rings (SSSR count). The zero-order chi connectivity index (χ0) is 11.0. The van der Waals surface area contributed by atoms with Crippen molar-refractivity contribution >= 4 is 16.3 Å². The zero-order valence-corrected chi connectivity index (χ0v) is 9.81. The molecule has 0 aliphatic carbocycles. The van der Waals surface area contributed by atoms with E-state index in [1.54, 1.807) is 11.3 Å². The molecule has 0 fully saturated rings. The summed E-state index contributed by atoms with van der Waals surface area (Å²) in [7, 11) is 0. The van der Waals surface area contributed by atoms with Crippen LogP contribution in [-0.4, -0.2) is 10.1 Å². The van der Waals surface area contributed by atoms with Gasteiger partial charge < -0.3 is 10.3 Å². The highest BCUT2D eigenvalue weighted by Gasteiger charge is 2.17. The molecule has 4 nitrogen and oxygen atoms in total. The first-order valence-electron chi connectivity index (χ1n) is 4.82. The van der Waals surface area contributed by atoms with Gasteiger partial charge in [-0.1, -0.05) is 12.1 Å². The van der Waals surface area contributed by atoms with Gasteiger partial charge in [0.1, 0.15) is 0 Å². The lowest BCUT2D eigenvalue weighted by Gasteiger charge is -1.94. The molecule has 0 unspecified atom stereocenters. The number of nitrogen functional groups attached to an aromatic ring is 1. The van der Waals surface area contributed by atoms with Crippen LogP contribution in [0.3, 0.4) is 0 Å². The molecule has 15 heavy (non-hydrogen) atoms. The maximum Gasteiger partial charge on any atom is 0.261 e. The van der Waals surface area contributed by atoms with E-state index >= 15 is 0 Å². The second kappa shape index (κ2) is 3.66. The summed E-state index contributed by atoms with van der Waals surface area (Å²) >= 11 is 1.56. The van der Waals surface area contributed by atoms with E-state index in [2.05, 4.69) is 10.1 Å². The lowest BCUT2D eigenvalue weighted by molar-refractivity contribution is 0.423. The highest BCUT2D eigenvalue weighted by molar-refractivity contribution is 7.16. The molecule has 0 bridgehead atoms. The summed E-state index contributed by atoms with van der Waals surface area (Å²) in [4.78, 5) is 5.48. The van der Waals surface area contributed by atoms with Crippen LogP contribution in [0.1, 0.15) is 23.2 Å². The van der Waals surface area contributed by atoms with Gasteiger partial charge in [0.25, 0.3) is 5.89 Å². The van der Waals surface area contributed by atoms with Gasteiger partial charge in [0.05, 0.1) is 10.6 Å². The molecule has 2 aromatic rings. The molecule has 2 heterocycles. The molecule has 0 spiro atoms. The summed E-state index contributed by atoms with van der Waals surface area (Å²) < 4.78 is 5.18. The van der Waals surface area contributed by atoms with E-state index in [0.29, 0.717) is 11.7 Å². The monoisotopic (exact) mass is 223 g/mol. The van der Waals surface area contributed by atoms with Crippen molar-refractivity contribution in [3.05, 3.63) is 16.3 Å². The molecular formula is C10H13N3OS. The largest absolute Gasteiger partial charge is 0.390 e. The number of nitrogens with two attached hydrogens (primary N) is 1. The van der Waals surface area contributed by atoms with E-state index in [0.717, 1.165) is 22.5 Å². The van der Waals surface area contributed by atoms with Crippen LogP contribution >= 0.6 is 11.3 Å². The van der Waals surface area contributed by atoms with Gasteiger partial charge in [-0.05, 0) is 19.4 Å². The average molecular weight is 223 g/mol. The molecule has 0 amide bonds. The fraction of sp³-hybridized carbons (Fsp3) is 0.400. The fourth-order valence-corrected chi connectivity index (χ4v) is 2.35. The molecule has 0 radical (unpaired) electrons. The van der Waals surface area contributed by atoms with Crippen LogP contribution in [0.2, 0.25) is 0 Å². The lowest BCUT2D eigenvalue weighted by atomic mass is 10.1. The first kappa shape index (κ1) is 10.2. The molecule has 0 saturated heterocycles. The Morgan fingerprint density at radius 1 is 1.40 bits per heavy atom. The molecule has 80 valence electrons. The molecule has 0 aromatic carbocycles. The third-order valence-electron chi connectivity index (χ3n) is 2.41. The van der Waals surface area contributed by atoms with Crippen LogP contribution < -0.4 is 5.73 Å². The summed E-state index contributed by atoms with van der Waals surface area (Å²) in [5, 5.41) is 4.61. The second-order valence-corrected chi connectivity index (χ2v) is 4.65. The highest BCUT2D eigenvalue weighted by atomic mass is 32.1. The first-order chi connectivity index (χ1) is 7.13. The Bertz CT molecular complexity index is 487. The quantitative estimate of drug-likeness (QED) is 0.849. The minimum absolute atomic E-state index is 0.534. The molecule has 5 heteroatoms. The van der Waals surface area contributed by atoms with Gasteiger partial charge >= 0.3 is 0 Å². The number of hydrogen-bond acceptors (Lipinski definition) is 5. The van der Waals surface area contributed by atoms with Crippen LogP contribution in [0.15, 0.2) is 4.52 Å². The van der Waals surface area contributed by atoms with Gasteiger partial charge in [-0.3, -0.25) is 0 Å². The maximum absolute atomic E-state index is 5.92. The Morgan fingerprint density at radius 3 is 2.60 bits per heavy atom. The number of aromatic nitrogens is 2. The summed E-state index contributed by atoms with van der Waals surface area (Å²) in [5.41, 5.74) is 7.94. The maximum atomic E-state index is 5.92. The Balaban J connectivity index is 2.53. The van der Waals surface area contributed by atoms with E-state index in [-0.39, 0.29) is 0 Å². The summed E-state index contributed by atoms with van der Waals surface area (Å²) in [6.45, 7) is 6.05. The summed E-state index contributed by atoms with van der Waals surface area (Å²) in [6.07, 6.45) is 0.769. The van der Waals surface area contributed by atoms with Gasteiger partial charge in [0.15, 0.2) is 5.82 Å². The van der Waals surface area contributed by atoms with Crippen LogP contribution in [0.25, 0.3) is 11.5 Å². The Kier molecular flexibility index (Phi) is 2.48. The summed E-state index contributed by atoms with van der Waals surface area (Å²) in [5.74, 6) is 1.25. The normalized spacial score (nSPS) is 10.9. The van der Waals surface area contributed by atoms with E-state index < -0.39 is 0 Å². The van der Waals surface area contributed by atoms with E-state index in [4.69, 9.17) is 10.3 Å². The van der Waals surface area contributed by atoms with Crippen molar-refractivity contribution in [2.45, 2.75) is 27.2 Å². The van der Waals surface area contributed by atoms with Crippen LogP contribution in [0.4, 0.5) is 5.00 Å². The molecule has 2 aromatic heterocycles. The van der Waals surface area contributed by atoms with Crippen molar-refractivity contribution in [2.24, 2.45) is 0 Å². The van der Waals surface area contributed by atoms with Gasteiger partial charge in [0.2, 0.25) is 0 Å². The average Bonchev–Trinajstić information content (AvgIpc) is 2.74. The van der Waals surface area contributed by atoms with Crippen LogP contribution in [-0.2, 0) is 6.42 Å². The van der Waals surface area contributed by atoms with Crippen molar-refractivity contribution in [3.8, 4) is 11.5 Å². The van der Waals surface area contributed by atoms with Crippen molar-refractivity contribution in [1.29, 1.82) is 0 Å². The molecule has 0 atom stereocenters. The lowest BCUT2D eigenvalue weighted by Crippen LogP contribution is -1.87. The minimum atomic E-state index is 0.534. The summed E-state index contributed by atoms with van der Waals surface area (Å²) in [6, 6.07) is 0. The SMILES string of the molecule is CCc1noc(-c2c(N)sc(C)c2C)n1. The number of nitrogens with zero attached hydrogens (tertiary/aromatic N) is 2. The zero-order valence-electron chi connectivity index (χ0n) is 9.00. The molecule has 0 aliphatic heterocycles. The number of hydrogen-bond donors (Lipinski definition) is 1. The van der Waals surface area contributed by atoms with Gasteiger partial charge in [-0.2, -0.15) is 4.98 Å². The Labute approximate surface area is 92.1 Å². The third-order valence-corrected chi connectivity index (χ3v) is 3.45. The number of rotatable bonds is 2. The predicted molar refractivity (Wildman–Crippen MR) is 60.9 cm³/mol. The van der Waals surface area contributed by atoms with E-state index in [1.165, 1.54) is 4.88 Å². The Hall–Kier alpha value is -1.36. The van der Waals surface area contributed by atoms with E-state index in [9.17, 15) is 0 Å². The van der Waals surface area contributed by atoms with Gasteiger partial charge in [0, 0.05) is 11.3 Å². The second-order valence-electron chi connectivity index (χ2n) is 3.39. The van der Waals surface area contributed by atoms with Crippen LogP contribution in [0.5, 0.6) is 0 Å². The first-order valence-corrected chi connectivity index (χ1v) is 5.63. The molecule has 2 N–H and O–H groups in total. The van der Waals surface area contributed by atoms with Crippen molar-refractivity contribution in [1.82, 2.24) is 10.1 Å². The van der Waals surface area contributed by atoms with Crippen LogP contribution in [0, 0.1) is 13.8 Å². The van der Waals surface area contributed by atoms with Gasteiger partial charge in [-0.15, -0.1) is 11.3 Å². The molecule has 0 aliphatic rings. The number of aryl methyl sites for hydroxylation is 2. The van der Waals surface area contributed by atoms with Crippen molar-refractivity contribution in [3.63, 3.8) is 0 Å². The highest BCUT2D eigenvalue weighted by Crippen LogP contribution is 2.36. The van der Waals surface area contributed by atoms with Crippen molar-refractivity contribution in [2.75, 3.05) is 5.73 Å². The minimum Gasteiger partial charge on any atom is -0.390 e. The van der Waals surface area contributed by atoms with Gasteiger partial charge in [-0.25, -0.2) is 0 Å². The van der Waals surface area contributed by atoms with Crippen molar-refractivity contribution < 1.29 is 4.52 Å². The number of anilines is 1. The standard InChI is InChI=1S/C10H13N3OS/c1-4-7-12-10(14-13-7)8-5(2)6(3)15-9(8)11/h4,11H2,1-3H3. The smallest absolute Gasteiger partial charge is 0.261 e. The van der Waals surface area contributed by atoms with E-state index in [1.807, 2.05) is 20.8 Å². The molecular weight excluding hydrogens is 210 g/mol. The predicted octanol–water partition coefficient (Wildman–Crippen LogP) is 2.56. The topological polar surface area (TPSA) is 64.9 Å². The molecule has 0 saturated carbocycles. The fourth-order valence-electron chi connectivity index (χ4n) is 1.42. The Morgan fingerprint density at radius 2 is 2.13 bits per heavy atom. The number of thiophene rings is 1.